The fourth-order valence-corrected chi connectivity index (χ4v) is 7.65. The molecule has 0 spiro atoms. The standard InChI is InChI=1S/C52H36N2O/c1-3-12-35(13-4-1)46-28-25-41(36-14-11-15-42(31-36)45-18-7-9-20-49(45)53-43-16-5-2-6-17-43)34-50(46)54-44-27-24-38-30-37(22-23-39(38)32-44)40-26-29-52-48(33-40)47-19-8-10-21-51(47)55-52/h1-34,53-54H. The molecular formula is C52H36N2O. The van der Waals surface area contributed by atoms with Gasteiger partial charge >= 0.3 is 0 Å². The molecule has 0 radical (unpaired) electrons. The normalized spacial score (nSPS) is 11.3. The number of nitrogens with one attached hydrogen (secondary N) is 2. The second kappa shape index (κ2) is 13.9. The van der Waals surface area contributed by atoms with E-state index in [4.69, 9.17) is 4.42 Å². The Kier molecular flexibility index (Phi) is 8.16. The summed E-state index contributed by atoms with van der Waals surface area (Å²) >= 11 is 0. The first-order valence-electron chi connectivity index (χ1n) is 18.7. The second-order valence-electron chi connectivity index (χ2n) is 14.0. The molecular weight excluding hydrogens is 669 g/mol. The van der Waals surface area contributed by atoms with Crippen molar-refractivity contribution >= 4 is 55.5 Å². The van der Waals surface area contributed by atoms with E-state index < -0.39 is 0 Å². The van der Waals surface area contributed by atoms with Crippen molar-refractivity contribution in [1.29, 1.82) is 0 Å². The van der Waals surface area contributed by atoms with Crippen LogP contribution in [0.15, 0.2) is 211 Å². The predicted molar refractivity (Wildman–Crippen MR) is 232 cm³/mol. The van der Waals surface area contributed by atoms with Crippen LogP contribution in [-0.4, -0.2) is 0 Å². The molecule has 9 aromatic carbocycles. The van der Waals surface area contributed by atoms with Crippen molar-refractivity contribution in [2.24, 2.45) is 0 Å². The smallest absolute Gasteiger partial charge is 0.135 e. The molecule has 0 aliphatic rings. The average molecular weight is 705 g/mol. The SMILES string of the molecule is c1ccc(Nc2ccccc2-c2cccc(-c3ccc(-c4ccccc4)c(Nc4ccc5cc(-c6ccc7oc8ccccc8c7c6)ccc5c4)c3)c2)cc1. The third-order valence-corrected chi connectivity index (χ3v) is 10.4. The van der Waals surface area contributed by atoms with E-state index in [1.54, 1.807) is 0 Å². The van der Waals surface area contributed by atoms with Crippen LogP contribution in [0.25, 0.3) is 77.2 Å². The highest BCUT2D eigenvalue weighted by molar-refractivity contribution is 6.06. The molecule has 10 rings (SSSR count). The van der Waals surface area contributed by atoms with Crippen LogP contribution in [-0.2, 0) is 0 Å². The van der Waals surface area contributed by atoms with E-state index in [9.17, 15) is 0 Å². The first kappa shape index (κ1) is 32.3. The van der Waals surface area contributed by atoms with Gasteiger partial charge in [0, 0.05) is 44.6 Å². The zero-order valence-corrected chi connectivity index (χ0v) is 30.0. The minimum absolute atomic E-state index is 0.912. The first-order chi connectivity index (χ1) is 27.2. The zero-order valence-electron chi connectivity index (χ0n) is 30.0. The van der Waals surface area contributed by atoms with Gasteiger partial charge in [-0.3, -0.25) is 0 Å². The maximum absolute atomic E-state index is 6.08. The molecule has 260 valence electrons. The Bertz CT molecular complexity index is 2980. The molecule has 3 heteroatoms. The lowest BCUT2D eigenvalue weighted by atomic mass is 9.95. The molecule has 1 heterocycles. The highest BCUT2D eigenvalue weighted by Crippen LogP contribution is 2.38. The number of fused-ring (bicyclic) bond motifs is 4. The summed E-state index contributed by atoms with van der Waals surface area (Å²) in [5, 5.41) is 12.1. The van der Waals surface area contributed by atoms with Crippen LogP contribution in [0.5, 0.6) is 0 Å². The van der Waals surface area contributed by atoms with Gasteiger partial charge in [0.1, 0.15) is 11.2 Å². The third kappa shape index (κ3) is 6.39. The fraction of sp³-hybridized carbons (Fsp3) is 0. The van der Waals surface area contributed by atoms with E-state index in [1.807, 2.05) is 18.2 Å². The van der Waals surface area contributed by atoms with Crippen molar-refractivity contribution in [2.45, 2.75) is 0 Å². The molecule has 55 heavy (non-hydrogen) atoms. The molecule has 0 aliphatic carbocycles. The van der Waals surface area contributed by atoms with Crippen LogP contribution < -0.4 is 10.6 Å². The van der Waals surface area contributed by atoms with Gasteiger partial charge in [-0.2, -0.15) is 0 Å². The summed E-state index contributed by atoms with van der Waals surface area (Å²) in [5.41, 5.74) is 15.3. The number of furan rings is 1. The summed E-state index contributed by atoms with van der Waals surface area (Å²) in [5.74, 6) is 0. The van der Waals surface area contributed by atoms with Gasteiger partial charge in [0.15, 0.2) is 0 Å². The molecule has 0 aliphatic heterocycles. The van der Waals surface area contributed by atoms with Gasteiger partial charge < -0.3 is 15.1 Å². The second-order valence-corrected chi connectivity index (χ2v) is 14.0. The molecule has 0 unspecified atom stereocenters. The number of benzene rings is 9. The molecule has 0 saturated carbocycles. The highest BCUT2D eigenvalue weighted by Gasteiger charge is 2.13. The van der Waals surface area contributed by atoms with Crippen molar-refractivity contribution in [3.63, 3.8) is 0 Å². The van der Waals surface area contributed by atoms with Crippen molar-refractivity contribution in [1.82, 2.24) is 0 Å². The lowest BCUT2D eigenvalue weighted by molar-refractivity contribution is 0.669. The summed E-state index contributed by atoms with van der Waals surface area (Å²) in [6, 6.07) is 73.0. The van der Waals surface area contributed by atoms with Crippen LogP contribution >= 0.6 is 0 Å². The van der Waals surface area contributed by atoms with Crippen LogP contribution in [0.2, 0.25) is 0 Å². The van der Waals surface area contributed by atoms with Crippen molar-refractivity contribution in [2.75, 3.05) is 10.6 Å². The molecule has 0 atom stereocenters. The number of hydrogen-bond acceptors (Lipinski definition) is 3. The lowest BCUT2D eigenvalue weighted by Crippen LogP contribution is -1.95. The minimum atomic E-state index is 0.912. The van der Waals surface area contributed by atoms with Gasteiger partial charge in [-0.15, -0.1) is 0 Å². The molecule has 0 saturated heterocycles. The fourth-order valence-electron chi connectivity index (χ4n) is 7.65. The summed E-state index contributed by atoms with van der Waals surface area (Å²) in [6.07, 6.45) is 0. The van der Waals surface area contributed by atoms with E-state index in [0.29, 0.717) is 0 Å². The Morgan fingerprint density at radius 3 is 1.80 bits per heavy atom. The van der Waals surface area contributed by atoms with Gasteiger partial charge in [-0.1, -0.05) is 140 Å². The van der Waals surface area contributed by atoms with Crippen LogP contribution in [0.4, 0.5) is 22.7 Å². The van der Waals surface area contributed by atoms with Gasteiger partial charge in [-0.25, -0.2) is 0 Å². The maximum Gasteiger partial charge on any atom is 0.135 e. The molecule has 0 bridgehead atoms. The Hall–Kier alpha value is -7.36. The van der Waals surface area contributed by atoms with Crippen LogP contribution in [0, 0.1) is 0 Å². The minimum Gasteiger partial charge on any atom is -0.456 e. The maximum atomic E-state index is 6.08. The zero-order chi connectivity index (χ0) is 36.6. The average Bonchev–Trinajstić information content (AvgIpc) is 3.62. The number of para-hydroxylation sites is 3. The molecule has 10 aromatic rings. The van der Waals surface area contributed by atoms with E-state index in [2.05, 4.69) is 199 Å². The number of hydrogen-bond donors (Lipinski definition) is 2. The Morgan fingerprint density at radius 1 is 0.291 bits per heavy atom. The van der Waals surface area contributed by atoms with Crippen LogP contribution in [0.1, 0.15) is 0 Å². The molecule has 2 N–H and O–H groups in total. The predicted octanol–water partition coefficient (Wildman–Crippen LogP) is 14.9. The number of rotatable bonds is 8. The summed E-state index contributed by atoms with van der Waals surface area (Å²) in [7, 11) is 0. The van der Waals surface area contributed by atoms with E-state index >= 15 is 0 Å². The topological polar surface area (TPSA) is 37.2 Å². The number of anilines is 4. The van der Waals surface area contributed by atoms with Crippen LogP contribution in [0.3, 0.4) is 0 Å². The molecule has 0 fully saturated rings. The van der Waals surface area contributed by atoms with E-state index in [-0.39, 0.29) is 0 Å². The Labute approximate surface area is 320 Å². The van der Waals surface area contributed by atoms with Gasteiger partial charge in [0.25, 0.3) is 0 Å². The Morgan fingerprint density at radius 2 is 0.891 bits per heavy atom. The lowest BCUT2D eigenvalue weighted by Gasteiger charge is -2.16. The monoisotopic (exact) mass is 704 g/mol. The van der Waals surface area contributed by atoms with Gasteiger partial charge in [0.2, 0.25) is 0 Å². The van der Waals surface area contributed by atoms with Crippen molar-refractivity contribution < 1.29 is 4.42 Å². The summed E-state index contributed by atoms with van der Waals surface area (Å²) in [6.45, 7) is 0. The summed E-state index contributed by atoms with van der Waals surface area (Å²) in [4.78, 5) is 0. The van der Waals surface area contributed by atoms with Crippen molar-refractivity contribution in [3.05, 3.63) is 206 Å². The molecule has 3 nitrogen and oxygen atoms in total. The van der Waals surface area contributed by atoms with Gasteiger partial charge in [-0.05, 0) is 111 Å². The molecule has 0 amide bonds. The van der Waals surface area contributed by atoms with Crippen molar-refractivity contribution in [3.8, 4) is 44.5 Å². The highest BCUT2D eigenvalue weighted by atomic mass is 16.3. The van der Waals surface area contributed by atoms with E-state index in [1.165, 1.54) is 27.5 Å². The van der Waals surface area contributed by atoms with E-state index in [0.717, 1.165) is 72.5 Å². The first-order valence-corrected chi connectivity index (χ1v) is 18.7. The Balaban J connectivity index is 0.982. The molecule has 1 aromatic heterocycles. The quantitative estimate of drug-likeness (QED) is 0.165. The van der Waals surface area contributed by atoms with Gasteiger partial charge in [0.05, 0.1) is 0 Å². The summed E-state index contributed by atoms with van der Waals surface area (Å²) < 4.78 is 6.08. The largest absolute Gasteiger partial charge is 0.456 e. The third-order valence-electron chi connectivity index (χ3n) is 10.4.